The lowest BCUT2D eigenvalue weighted by atomic mass is 10.2. The maximum Gasteiger partial charge on any atom is 0.0863 e. The smallest absolute Gasteiger partial charge is 0.0863 e. The average molecular weight is 298 g/mol. The van der Waals surface area contributed by atoms with Crippen LogP contribution in [0.1, 0.15) is 43.1 Å². The quantitative estimate of drug-likeness (QED) is 0.872. The van der Waals surface area contributed by atoms with Gasteiger partial charge in [0.1, 0.15) is 0 Å². The Labute approximate surface area is 123 Å². The molecule has 0 aliphatic heterocycles. The van der Waals surface area contributed by atoms with Crippen LogP contribution in [0.4, 0.5) is 0 Å². The van der Waals surface area contributed by atoms with Crippen LogP contribution in [-0.4, -0.2) is 9.78 Å². The Balaban J connectivity index is 2.08. The molecule has 1 atom stereocenters. The predicted molar refractivity (Wildman–Crippen MR) is 81.9 cm³/mol. The van der Waals surface area contributed by atoms with Crippen LogP contribution in [0.25, 0.3) is 0 Å². The molecule has 0 spiro atoms. The molecule has 2 aromatic rings. The molecule has 104 valence electrons. The van der Waals surface area contributed by atoms with E-state index >= 15 is 0 Å². The van der Waals surface area contributed by atoms with Crippen molar-refractivity contribution < 1.29 is 0 Å². The minimum Gasteiger partial charge on any atom is -0.304 e. The number of thiophene rings is 1. The van der Waals surface area contributed by atoms with Crippen molar-refractivity contribution >= 4 is 22.9 Å². The zero-order chi connectivity index (χ0) is 13.8. The molecule has 5 heteroatoms. The summed E-state index contributed by atoms with van der Waals surface area (Å²) in [4.78, 5) is 1.34. The Kier molecular flexibility index (Phi) is 5.02. The van der Waals surface area contributed by atoms with Crippen molar-refractivity contribution in [3.8, 4) is 0 Å². The minimum absolute atomic E-state index is 0.335. The first-order chi connectivity index (χ1) is 9.17. The van der Waals surface area contributed by atoms with Gasteiger partial charge in [-0.3, -0.25) is 4.68 Å². The molecule has 0 saturated heterocycles. The SMILES string of the molecule is CCc1nn(CC)c(CNC(C)c2cccs2)c1Cl. The zero-order valence-corrected chi connectivity index (χ0v) is 13.2. The minimum atomic E-state index is 0.335. The molecule has 0 aliphatic rings. The second-order valence-electron chi connectivity index (χ2n) is 4.49. The molecule has 3 nitrogen and oxygen atoms in total. The number of rotatable bonds is 6. The number of hydrogen-bond donors (Lipinski definition) is 1. The van der Waals surface area contributed by atoms with Gasteiger partial charge in [0, 0.05) is 24.0 Å². The van der Waals surface area contributed by atoms with Gasteiger partial charge in [0.25, 0.3) is 0 Å². The molecule has 19 heavy (non-hydrogen) atoms. The molecule has 0 aliphatic carbocycles. The topological polar surface area (TPSA) is 29.9 Å². The van der Waals surface area contributed by atoms with Gasteiger partial charge in [0.2, 0.25) is 0 Å². The third-order valence-corrected chi connectivity index (χ3v) is 4.73. The second kappa shape index (κ2) is 6.55. The molecule has 2 heterocycles. The Morgan fingerprint density at radius 2 is 2.26 bits per heavy atom. The molecular weight excluding hydrogens is 278 g/mol. The van der Waals surface area contributed by atoms with Gasteiger partial charge >= 0.3 is 0 Å². The summed E-state index contributed by atoms with van der Waals surface area (Å²) in [6, 6.07) is 4.57. The van der Waals surface area contributed by atoms with E-state index in [0.717, 1.165) is 35.9 Å². The summed E-state index contributed by atoms with van der Waals surface area (Å²) in [5.74, 6) is 0. The largest absolute Gasteiger partial charge is 0.304 e. The lowest BCUT2D eigenvalue weighted by Crippen LogP contribution is -2.19. The summed E-state index contributed by atoms with van der Waals surface area (Å²) in [6.07, 6.45) is 0.874. The van der Waals surface area contributed by atoms with Gasteiger partial charge in [0.15, 0.2) is 0 Å². The number of nitrogens with one attached hydrogen (secondary N) is 1. The van der Waals surface area contributed by atoms with Gasteiger partial charge in [-0.25, -0.2) is 0 Å². The van der Waals surface area contributed by atoms with Crippen molar-refractivity contribution in [3.63, 3.8) is 0 Å². The van der Waals surface area contributed by atoms with Gasteiger partial charge in [-0.05, 0) is 31.7 Å². The van der Waals surface area contributed by atoms with Crippen LogP contribution < -0.4 is 5.32 Å². The Bertz CT molecular complexity index is 519. The van der Waals surface area contributed by atoms with Crippen LogP contribution in [-0.2, 0) is 19.5 Å². The van der Waals surface area contributed by atoms with Gasteiger partial charge in [-0.15, -0.1) is 11.3 Å². The predicted octanol–water partition coefficient (Wildman–Crippen LogP) is 4.03. The van der Waals surface area contributed by atoms with Crippen molar-refractivity contribution in [3.05, 3.63) is 38.8 Å². The molecular formula is C14H20ClN3S. The summed E-state index contributed by atoms with van der Waals surface area (Å²) >= 11 is 8.17. The van der Waals surface area contributed by atoms with E-state index in [0.29, 0.717) is 6.04 Å². The maximum absolute atomic E-state index is 6.40. The molecule has 0 saturated carbocycles. The molecule has 1 unspecified atom stereocenters. The number of halogens is 1. The highest BCUT2D eigenvalue weighted by molar-refractivity contribution is 7.10. The van der Waals surface area contributed by atoms with Crippen LogP contribution in [0.5, 0.6) is 0 Å². The first-order valence-electron chi connectivity index (χ1n) is 6.68. The molecule has 0 bridgehead atoms. The van der Waals surface area contributed by atoms with Gasteiger partial charge < -0.3 is 5.32 Å². The fraction of sp³-hybridized carbons (Fsp3) is 0.500. The third kappa shape index (κ3) is 3.19. The van der Waals surface area contributed by atoms with Crippen LogP contribution in [0.2, 0.25) is 5.02 Å². The summed E-state index contributed by atoms with van der Waals surface area (Å²) in [6.45, 7) is 7.95. The molecule has 0 amide bonds. The van der Waals surface area contributed by atoms with Crippen molar-refractivity contribution in [1.82, 2.24) is 15.1 Å². The summed E-state index contributed by atoms with van der Waals surface area (Å²) in [7, 11) is 0. The lowest BCUT2D eigenvalue weighted by molar-refractivity contribution is 0.535. The second-order valence-corrected chi connectivity index (χ2v) is 5.85. The van der Waals surface area contributed by atoms with Gasteiger partial charge in [-0.1, -0.05) is 24.6 Å². The van der Waals surface area contributed by atoms with Crippen LogP contribution in [0.15, 0.2) is 17.5 Å². The molecule has 0 radical (unpaired) electrons. The van der Waals surface area contributed by atoms with Gasteiger partial charge in [-0.2, -0.15) is 5.10 Å². The monoisotopic (exact) mass is 297 g/mol. The number of aryl methyl sites for hydroxylation is 2. The van der Waals surface area contributed by atoms with Crippen LogP contribution >= 0.6 is 22.9 Å². The highest BCUT2D eigenvalue weighted by Gasteiger charge is 2.15. The first kappa shape index (κ1) is 14.6. The Morgan fingerprint density at radius 3 is 2.84 bits per heavy atom. The fourth-order valence-electron chi connectivity index (χ4n) is 2.07. The zero-order valence-electron chi connectivity index (χ0n) is 11.6. The molecule has 2 aromatic heterocycles. The Morgan fingerprint density at radius 1 is 1.47 bits per heavy atom. The van der Waals surface area contributed by atoms with E-state index in [1.54, 1.807) is 11.3 Å². The number of nitrogens with zero attached hydrogens (tertiary/aromatic N) is 2. The average Bonchev–Trinajstić information content (AvgIpc) is 3.04. The van der Waals surface area contributed by atoms with E-state index < -0.39 is 0 Å². The van der Waals surface area contributed by atoms with Crippen LogP contribution in [0, 0.1) is 0 Å². The summed E-state index contributed by atoms with van der Waals surface area (Å²) < 4.78 is 2.00. The molecule has 0 aromatic carbocycles. The van der Waals surface area contributed by atoms with Crippen molar-refractivity contribution in [2.45, 2.75) is 46.3 Å². The van der Waals surface area contributed by atoms with Crippen molar-refractivity contribution in [2.24, 2.45) is 0 Å². The summed E-state index contributed by atoms with van der Waals surface area (Å²) in [5, 5.41) is 11.0. The molecule has 2 rings (SSSR count). The third-order valence-electron chi connectivity index (χ3n) is 3.24. The van der Waals surface area contributed by atoms with Crippen molar-refractivity contribution in [2.75, 3.05) is 0 Å². The molecule has 1 N–H and O–H groups in total. The van der Waals surface area contributed by atoms with E-state index in [1.165, 1.54) is 4.88 Å². The normalized spacial score (nSPS) is 12.8. The van der Waals surface area contributed by atoms with Crippen molar-refractivity contribution in [1.29, 1.82) is 0 Å². The highest BCUT2D eigenvalue weighted by Crippen LogP contribution is 2.23. The first-order valence-corrected chi connectivity index (χ1v) is 7.93. The number of hydrogen-bond acceptors (Lipinski definition) is 3. The van der Waals surface area contributed by atoms with Crippen LogP contribution in [0.3, 0.4) is 0 Å². The van der Waals surface area contributed by atoms with Gasteiger partial charge in [0.05, 0.1) is 16.4 Å². The maximum atomic E-state index is 6.40. The highest BCUT2D eigenvalue weighted by atomic mass is 35.5. The summed E-state index contributed by atoms with van der Waals surface area (Å²) in [5.41, 5.74) is 2.08. The van der Waals surface area contributed by atoms with E-state index in [1.807, 2.05) is 4.68 Å². The lowest BCUT2D eigenvalue weighted by Gasteiger charge is -2.13. The van der Waals surface area contributed by atoms with E-state index in [9.17, 15) is 0 Å². The van der Waals surface area contributed by atoms with E-state index in [4.69, 9.17) is 11.6 Å². The number of aromatic nitrogens is 2. The van der Waals surface area contributed by atoms with E-state index in [-0.39, 0.29) is 0 Å². The van der Waals surface area contributed by atoms with E-state index in [2.05, 4.69) is 48.7 Å². The Hall–Kier alpha value is -0.840. The molecule has 0 fully saturated rings. The fourth-order valence-corrected chi connectivity index (χ4v) is 3.17. The standard InChI is InChI=1S/C14H20ClN3S/c1-4-11-14(15)12(18(5-2)17-11)9-16-10(3)13-7-6-8-19-13/h6-8,10,16H,4-5,9H2,1-3H3.